The van der Waals surface area contributed by atoms with E-state index in [2.05, 4.69) is 27.2 Å². The molecule has 0 bridgehead atoms. The Kier molecular flexibility index (Phi) is 3.46. The molecule has 0 saturated carbocycles. The van der Waals surface area contributed by atoms with E-state index in [1.807, 2.05) is 53.5 Å². The molecule has 0 aliphatic carbocycles. The highest BCUT2D eigenvalue weighted by atomic mass is 16.1. The Balaban J connectivity index is 1.69. The molecule has 0 aliphatic rings. The number of aromatic amines is 1. The standard InChI is InChI=1S/C19H16N4O/c1-13-21-18-8-7-15(9-17(18)19(24)22-13)16-10-20-23(12-16)11-14-5-3-2-4-6-14/h2-10,12H,11H2,1H3,(H,21,22,24). The van der Waals surface area contributed by atoms with Gasteiger partial charge in [0.15, 0.2) is 0 Å². The lowest BCUT2D eigenvalue weighted by atomic mass is 10.1. The van der Waals surface area contributed by atoms with Crippen LogP contribution in [0.4, 0.5) is 0 Å². The molecule has 0 amide bonds. The minimum atomic E-state index is -0.115. The zero-order chi connectivity index (χ0) is 16.5. The van der Waals surface area contributed by atoms with E-state index in [0.717, 1.165) is 17.7 Å². The molecule has 4 aromatic rings. The second kappa shape index (κ2) is 5.77. The molecule has 1 N–H and O–H groups in total. The number of H-pyrrole nitrogens is 1. The summed E-state index contributed by atoms with van der Waals surface area (Å²) in [5.74, 6) is 0.621. The average molecular weight is 316 g/mol. The number of fused-ring (bicyclic) bond motifs is 1. The first-order chi connectivity index (χ1) is 11.7. The fourth-order valence-corrected chi connectivity index (χ4v) is 2.80. The van der Waals surface area contributed by atoms with Gasteiger partial charge >= 0.3 is 0 Å². The number of hydrogen-bond donors (Lipinski definition) is 1. The maximum atomic E-state index is 12.1. The highest BCUT2D eigenvalue weighted by molar-refractivity contribution is 5.83. The van der Waals surface area contributed by atoms with E-state index in [1.54, 1.807) is 6.92 Å². The van der Waals surface area contributed by atoms with Crippen molar-refractivity contribution < 1.29 is 0 Å². The highest BCUT2D eigenvalue weighted by Crippen LogP contribution is 2.22. The second-order valence-corrected chi connectivity index (χ2v) is 5.80. The van der Waals surface area contributed by atoms with Crippen LogP contribution in [0.5, 0.6) is 0 Å². The molecule has 5 nitrogen and oxygen atoms in total. The molecule has 0 atom stereocenters. The van der Waals surface area contributed by atoms with Crippen molar-refractivity contribution in [2.24, 2.45) is 0 Å². The molecule has 0 radical (unpaired) electrons. The van der Waals surface area contributed by atoms with E-state index in [4.69, 9.17) is 0 Å². The largest absolute Gasteiger partial charge is 0.310 e. The lowest BCUT2D eigenvalue weighted by Crippen LogP contribution is -2.09. The van der Waals surface area contributed by atoms with Crippen LogP contribution in [0.1, 0.15) is 11.4 Å². The molecule has 0 spiro atoms. The van der Waals surface area contributed by atoms with Gasteiger partial charge in [-0.05, 0) is 30.2 Å². The van der Waals surface area contributed by atoms with Gasteiger partial charge in [0, 0.05) is 11.8 Å². The molecule has 2 aromatic carbocycles. The van der Waals surface area contributed by atoms with Crippen molar-refractivity contribution in [3.8, 4) is 11.1 Å². The van der Waals surface area contributed by atoms with Gasteiger partial charge in [-0.3, -0.25) is 9.48 Å². The van der Waals surface area contributed by atoms with Crippen LogP contribution in [0.2, 0.25) is 0 Å². The van der Waals surface area contributed by atoms with E-state index in [1.165, 1.54) is 5.56 Å². The van der Waals surface area contributed by atoms with Gasteiger partial charge in [0.1, 0.15) is 5.82 Å². The first kappa shape index (κ1) is 14.4. The topological polar surface area (TPSA) is 63.6 Å². The average Bonchev–Trinajstić information content (AvgIpc) is 3.04. The predicted octanol–water partition coefficient (Wildman–Crippen LogP) is 3.14. The highest BCUT2D eigenvalue weighted by Gasteiger charge is 2.07. The van der Waals surface area contributed by atoms with Crippen molar-refractivity contribution in [2.75, 3.05) is 0 Å². The van der Waals surface area contributed by atoms with Crippen molar-refractivity contribution in [3.05, 3.63) is 82.7 Å². The second-order valence-electron chi connectivity index (χ2n) is 5.80. The summed E-state index contributed by atoms with van der Waals surface area (Å²) in [5.41, 5.74) is 3.72. The molecule has 0 unspecified atom stereocenters. The number of nitrogens with one attached hydrogen (secondary N) is 1. The van der Waals surface area contributed by atoms with Gasteiger partial charge in [0.05, 0.1) is 23.6 Å². The number of rotatable bonds is 3. The molecular weight excluding hydrogens is 300 g/mol. The van der Waals surface area contributed by atoms with Crippen molar-refractivity contribution in [1.82, 2.24) is 19.7 Å². The SMILES string of the molecule is Cc1nc2ccc(-c3cnn(Cc4ccccc4)c3)cc2c(=O)[nH]1. The van der Waals surface area contributed by atoms with Gasteiger partial charge in [-0.15, -0.1) is 0 Å². The monoisotopic (exact) mass is 316 g/mol. The fourth-order valence-electron chi connectivity index (χ4n) is 2.80. The first-order valence-corrected chi connectivity index (χ1v) is 7.76. The van der Waals surface area contributed by atoms with E-state index in [0.29, 0.717) is 16.7 Å². The molecule has 0 fully saturated rings. The van der Waals surface area contributed by atoms with Gasteiger partial charge in [-0.1, -0.05) is 36.4 Å². The summed E-state index contributed by atoms with van der Waals surface area (Å²) in [6.07, 6.45) is 3.81. The van der Waals surface area contributed by atoms with Crippen molar-refractivity contribution >= 4 is 10.9 Å². The Hall–Kier alpha value is -3.21. The van der Waals surface area contributed by atoms with E-state index in [-0.39, 0.29) is 5.56 Å². The molecule has 0 saturated heterocycles. The predicted molar refractivity (Wildman–Crippen MR) is 93.9 cm³/mol. The van der Waals surface area contributed by atoms with E-state index >= 15 is 0 Å². The van der Waals surface area contributed by atoms with Crippen molar-refractivity contribution in [2.45, 2.75) is 13.5 Å². The number of aryl methyl sites for hydroxylation is 1. The Labute approximate surface area is 138 Å². The molecular formula is C19H16N4O. The lowest BCUT2D eigenvalue weighted by Gasteiger charge is -2.02. The molecule has 4 rings (SSSR count). The minimum absolute atomic E-state index is 0.115. The zero-order valence-electron chi connectivity index (χ0n) is 13.2. The summed E-state index contributed by atoms with van der Waals surface area (Å²) >= 11 is 0. The Morgan fingerprint density at radius 1 is 1.08 bits per heavy atom. The minimum Gasteiger partial charge on any atom is -0.310 e. The number of nitrogens with zero attached hydrogens (tertiary/aromatic N) is 3. The van der Waals surface area contributed by atoms with Crippen LogP contribution in [-0.4, -0.2) is 19.7 Å². The number of hydrogen-bond acceptors (Lipinski definition) is 3. The summed E-state index contributed by atoms with van der Waals surface area (Å²) in [6, 6.07) is 15.9. The van der Waals surface area contributed by atoms with Gasteiger partial charge in [0.25, 0.3) is 5.56 Å². The Morgan fingerprint density at radius 3 is 2.75 bits per heavy atom. The molecule has 5 heteroatoms. The third-order valence-corrected chi connectivity index (χ3v) is 3.98. The molecule has 24 heavy (non-hydrogen) atoms. The van der Waals surface area contributed by atoms with Crippen LogP contribution in [0.25, 0.3) is 22.0 Å². The molecule has 118 valence electrons. The normalized spacial score (nSPS) is 11.0. The Morgan fingerprint density at radius 2 is 1.92 bits per heavy atom. The van der Waals surface area contributed by atoms with Gasteiger partial charge in [-0.25, -0.2) is 4.98 Å². The van der Waals surface area contributed by atoms with Gasteiger partial charge < -0.3 is 4.98 Å². The van der Waals surface area contributed by atoms with E-state index in [9.17, 15) is 4.79 Å². The number of aromatic nitrogens is 4. The zero-order valence-corrected chi connectivity index (χ0v) is 13.2. The number of benzene rings is 2. The van der Waals surface area contributed by atoms with Gasteiger partial charge in [-0.2, -0.15) is 5.10 Å². The fraction of sp³-hybridized carbons (Fsp3) is 0.105. The summed E-state index contributed by atoms with van der Waals surface area (Å²) in [4.78, 5) is 19.2. The maximum absolute atomic E-state index is 12.1. The van der Waals surface area contributed by atoms with Crippen LogP contribution >= 0.6 is 0 Å². The van der Waals surface area contributed by atoms with Crippen LogP contribution in [0, 0.1) is 6.92 Å². The first-order valence-electron chi connectivity index (χ1n) is 7.76. The third-order valence-electron chi connectivity index (χ3n) is 3.98. The molecule has 2 heterocycles. The summed E-state index contributed by atoms with van der Waals surface area (Å²) in [5, 5.41) is 5.01. The molecule has 2 aromatic heterocycles. The Bertz CT molecular complexity index is 1060. The van der Waals surface area contributed by atoms with Crippen LogP contribution in [0.3, 0.4) is 0 Å². The summed E-state index contributed by atoms with van der Waals surface area (Å²) in [7, 11) is 0. The summed E-state index contributed by atoms with van der Waals surface area (Å²) in [6.45, 7) is 2.50. The van der Waals surface area contributed by atoms with Crippen LogP contribution in [-0.2, 0) is 6.54 Å². The van der Waals surface area contributed by atoms with Gasteiger partial charge in [0.2, 0.25) is 0 Å². The third kappa shape index (κ3) is 2.72. The molecule has 0 aliphatic heterocycles. The van der Waals surface area contributed by atoms with E-state index < -0.39 is 0 Å². The van der Waals surface area contributed by atoms with Crippen molar-refractivity contribution in [3.63, 3.8) is 0 Å². The van der Waals surface area contributed by atoms with Crippen LogP contribution in [0.15, 0.2) is 65.7 Å². The summed E-state index contributed by atoms with van der Waals surface area (Å²) < 4.78 is 1.90. The maximum Gasteiger partial charge on any atom is 0.258 e. The quantitative estimate of drug-likeness (QED) is 0.631. The van der Waals surface area contributed by atoms with Crippen LogP contribution < -0.4 is 5.56 Å². The van der Waals surface area contributed by atoms with Crippen molar-refractivity contribution in [1.29, 1.82) is 0 Å². The lowest BCUT2D eigenvalue weighted by molar-refractivity contribution is 0.687. The smallest absolute Gasteiger partial charge is 0.258 e.